The fraction of sp³-hybridized carbons (Fsp3) is 0.190. The van der Waals surface area contributed by atoms with Crippen LogP contribution in [0.15, 0.2) is 59.4 Å². The number of H-pyrrole nitrogens is 1. The lowest BCUT2D eigenvalue weighted by Crippen LogP contribution is -2.31. The first-order chi connectivity index (χ1) is 13.0. The molecule has 3 rings (SSSR count). The van der Waals surface area contributed by atoms with Gasteiger partial charge in [0.2, 0.25) is 5.56 Å². The van der Waals surface area contributed by atoms with Crippen LogP contribution in [0.3, 0.4) is 0 Å². The Morgan fingerprint density at radius 2 is 1.78 bits per heavy atom. The highest BCUT2D eigenvalue weighted by Crippen LogP contribution is 2.15. The van der Waals surface area contributed by atoms with E-state index in [4.69, 9.17) is 4.74 Å². The van der Waals surface area contributed by atoms with Crippen LogP contribution in [0.25, 0.3) is 10.9 Å². The number of carbonyl (C=O) groups excluding carboxylic acids is 2. The second kappa shape index (κ2) is 7.86. The number of aryl methyl sites for hydroxylation is 1. The number of nitrogens with one attached hydrogen (secondary N) is 1. The number of nitrogens with zero attached hydrogens (tertiary/aromatic N) is 1. The summed E-state index contributed by atoms with van der Waals surface area (Å²) in [5, 5.41) is 0.572. The van der Waals surface area contributed by atoms with Gasteiger partial charge in [0.15, 0.2) is 6.61 Å². The highest BCUT2D eigenvalue weighted by atomic mass is 16.5. The minimum atomic E-state index is -0.699. The molecule has 27 heavy (non-hydrogen) atoms. The van der Waals surface area contributed by atoms with Gasteiger partial charge in [-0.05, 0) is 24.1 Å². The van der Waals surface area contributed by atoms with Crippen molar-refractivity contribution in [2.75, 3.05) is 13.7 Å². The second-order valence-corrected chi connectivity index (χ2v) is 6.35. The number of carbonyl (C=O) groups is 2. The number of hydrogen-bond acceptors (Lipinski definition) is 4. The summed E-state index contributed by atoms with van der Waals surface area (Å²) in [5.41, 5.74) is 2.40. The van der Waals surface area contributed by atoms with Gasteiger partial charge in [-0.25, -0.2) is 4.79 Å². The molecule has 0 spiro atoms. The number of ether oxygens (including phenoxy) is 1. The SMILES string of the molecule is Cc1ccccc1CN(C)C(=O)COC(=O)c1cc(=O)[nH]c2ccccc12. The zero-order chi connectivity index (χ0) is 19.4. The quantitative estimate of drug-likeness (QED) is 0.706. The van der Waals surface area contributed by atoms with Gasteiger partial charge in [0, 0.05) is 30.6 Å². The molecular weight excluding hydrogens is 344 g/mol. The van der Waals surface area contributed by atoms with Gasteiger partial charge >= 0.3 is 5.97 Å². The molecule has 1 heterocycles. The lowest BCUT2D eigenvalue weighted by atomic mass is 10.1. The van der Waals surface area contributed by atoms with E-state index in [0.29, 0.717) is 17.4 Å². The highest BCUT2D eigenvalue weighted by molar-refractivity contribution is 6.03. The molecule has 0 radical (unpaired) electrons. The topological polar surface area (TPSA) is 79.5 Å². The Hall–Kier alpha value is -3.41. The minimum absolute atomic E-state index is 0.142. The Morgan fingerprint density at radius 3 is 2.56 bits per heavy atom. The molecule has 0 saturated heterocycles. The number of aromatic nitrogens is 1. The summed E-state index contributed by atoms with van der Waals surface area (Å²) in [6.45, 7) is 2.02. The highest BCUT2D eigenvalue weighted by Gasteiger charge is 2.17. The normalized spacial score (nSPS) is 10.6. The van der Waals surface area contributed by atoms with Crippen LogP contribution in [-0.2, 0) is 16.1 Å². The molecule has 3 aromatic rings. The molecule has 0 fully saturated rings. The van der Waals surface area contributed by atoms with Crippen LogP contribution in [0.1, 0.15) is 21.5 Å². The van der Waals surface area contributed by atoms with Gasteiger partial charge in [0.05, 0.1) is 5.56 Å². The van der Waals surface area contributed by atoms with E-state index >= 15 is 0 Å². The van der Waals surface area contributed by atoms with Gasteiger partial charge in [-0.1, -0.05) is 42.5 Å². The fourth-order valence-corrected chi connectivity index (χ4v) is 2.82. The molecule has 1 aromatic heterocycles. The molecule has 0 saturated carbocycles. The summed E-state index contributed by atoms with van der Waals surface area (Å²) in [7, 11) is 1.66. The Balaban J connectivity index is 1.68. The third-order valence-corrected chi connectivity index (χ3v) is 4.39. The Kier molecular flexibility index (Phi) is 5.35. The second-order valence-electron chi connectivity index (χ2n) is 6.35. The van der Waals surface area contributed by atoms with Gasteiger partial charge in [0.25, 0.3) is 5.91 Å². The number of esters is 1. The fourth-order valence-electron chi connectivity index (χ4n) is 2.82. The van der Waals surface area contributed by atoms with E-state index in [1.165, 1.54) is 11.0 Å². The zero-order valence-electron chi connectivity index (χ0n) is 15.2. The number of pyridine rings is 1. The number of aromatic amines is 1. The summed E-state index contributed by atoms with van der Waals surface area (Å²) in [4.78, 5) is 40.6. The average Bonchev–Trinajstić information content (AvgIpc) is 2.66. The molecule has 1 amide bonds. The lowest BCUT2D eigenvalue weighted by molar-refractivity contribution is -0.133. The van der Waals surface area contributed by atoms with Crippen LogP contribution in [-0.4, -0.2) is 35.4 Å². The van der Waals surface area contributed by atoms with Crippen molar-refractivity contribution in [1.82, 2.24) is 9.88 Å². The molecule has 138 valence electrons. The molecular formula is C21H20N2O4. The van der Waals surface area contributed by atoms with E-state index < -0.39 is 11.5 Å². The minimum Gasteiger partial charge on any atom is -0.452 e. The summed E-state index contributed by atoms with van der Waals surface area (Å²) >= 11 is 0. The Labute approximate surface area is 156 Å². The van der Waals surface area contributed by atoms with Crippen LogP contribution in [0.5, 0.6) is 0 Å². The molecule has 0 atom stereocenters. The standard InChI is InChI=1S/C21H20N2O4/c1-14-7-3-4-8-15(14)12-23(2)20(25)13-27-21(26)17-11-19(24)22-18-10-6-5-9-16(17)18/h3-11H,12-13H2,1-2H3,(H,22,24). The molecule has 0 unspecified atom stereocenters. The maximum atomic E-state index is 12.4. The van der Waals surface area contributed by atoms with Gasteiger partial charge in [-0.15, -0.1) is 0 Å². The molecule has 2 aromatic carbocycles. The number of likely N-dealkylation sites (N-methyl/N-ethyl adjacent to an activating group) is 1. The van der Waals surface area contributed by atoms with Crippen molar-refractivity contribution in [1.29, 1.82) is 0 Å². The summed E-state index contributed by atoms with van der Waals surface area (Å²) in [6, 6.07) is 15.9. The number of hydrogen-bond donors (Lipinski definition) is 1. The van der Waals surface area contributed by atoms with Crippen LogP contribution in [0.4, 0.5) is 0 Å². The van der Waals surface area contributed by atoms with Crippen molar-refractivity contribution in [2.45, 2.75) is 13.5 Å². The predicted octanol–water partition coefficient (Wildman–Crippen LogP) is 2.65. The van der Waals surface area contributed by atoms with Gasteiger partial charge in [-0.2, -0.15) is 0 Å². The number of benzene rings is 2. The van der Waals surface area contributed by atoms with E-state index in [-0.39, 0.29) is 18.1 Å². The van der Waals surface area contributed by atoms with Crippen LogP contribution < -0.4 is 5.56 Å². The van der Waals surface area contributed by atoms with E-state index in [2.05, 4.69) is 4.98 Å². The van der Waals surface area contributed by atoms with Crippen LogP contribution >= 0.6 is 0 Å². The average molecular weight is 364 g/mol. The number of fused-ring (bicyclic) bond motifs is 1. The van der Waals surface area contributed by atoms with Crippen molar-refractivity contribution in [3.05, 3.63) is 81.6 Å². The predicted molar refractivity (Wildman–Crippen MR) is 103 cm³/mol. The lowest BCUT2D eigenvalue weighted by Gasteiger charge is -2.18. The van der Waals surface area contributed by atoms with Crippen LogP contribution in [0.2, 0.25) is 0 Å². The third kappa shape index (κ3) is 4.23. The van der Waals surface area contributed by atoms with E-state index in [9.17, 15) is 14.4 Å². The Morgan fingerprint density at radius 1 is 1.07 bits per heavy atom. The summed E-state index contributed by atoms with van der Waals surface area (Å²) in [5.74, 6) is -1.02. The maximum Gasteiger partial charge on any atom is 0.339 e. The van der Waals surface area contributed by atoms with Gasteiger partial charge < -0.3 is 14.6 Å². The summed E-state index contributed by atoms with van der Waals surface area (Å²) in [6.07, 6.45) is 0. The largest absolute Gasteiger partial charge is 0.452 e. The van der Waals surface area contributed by atoms with Gasteiger partial charge in [-0.3, -0.25) is 9.59 Å². The summed E-state index contributed by atoms with van der Waals surface area (Å²) < 4.78 is 5.16. The van der Waals surface area contributed by atoms with Crippen molar-refractivity contribution in [3.8, 4) is 0 Å². The zero-order valence-corrected chi connectivity index (χ0v) is 15.2. The van der Waals surface area contributed by atoms with Crippen LogP contribution in [0, 0.1) is 6.92 Å². The van der Waals surface area contributed by atoms with Crippen molar-refractivity contribution in [2.24, 2.45) is 0 Å². The first-order valence-corrected chi connectivity index (χ1v) is 8.53. The molecule has 6 nitrogen and oxygen atoms in total. The van der Waals surface area contributed by atoms with E-state index in [1.807, 2.05) is 31.2 Å². The molecule has 0 bridgehead atoms. The smallest absolute Gasteiger partial charge is 0.339 e. The Bertz CT molecular complexity index is 1060. The monoisotopic (exact) mass is 364 g/mol. The third-order valence-electron chi connectivity index (χ3n) is 4.39. The first kappa shape index (κ1) is 18.4. The van der Waals surface area contributed by atoms with Crippen molar-refractivity contribution in [3.63, 3.8) is 0 Å². The van der Waals surface area contributed by atoms with Crippen molar-refractivity contribution >= 4 is 22.8 Å². The number of rotatable bonds is 5. The van der Waals surface area contributed by atoms with Crippen molar-refractivity contribution < 1.29 is 14.3 Å². The number of para-hydroxylation sites is 1. The molecule has 0 aliphatic heterocycles. The molecule has 1 N–H and O–H groups in total. The molecule has 0 aliphatic carbocycles. The molecule has 0 aliphatic rings. The number of amides is 1. The van der Waals surface area contributed by atoms with Gasteiger partial charge in [0.1, 0.15) is 0 Å². The van der Waals surface area contributed by atoms with E-state index in [1.54, 1.807) is 31.3 Å². The van der Waals surface area contributed by atoms with E-state index in [0.717, 1.165) is 11.1 Å². The molecule has 6 heteroatoms. The first-order valence-electron chi connectivity index (χ1n) is 8.53. The maximum absolute atomic E-state index is 12.4.